The highest BCUT2D eigenvalue weighted by atomic mass is 32.2. The molecule has 2 heterocycles. The number of amides is 1. The predicted molar refractivity (Wildman–Crippen MR) is 120 cm³/mol. The zero-order valence-electron chi connectivity index (χ0n) is 18.3. The number of halogens is 6. The molecule has 1 aliphatic heterocycles. The third kappa shape index (κ3) is 5.36. The highest BCUT2D eigenvalue weighted by Gasteiger charge is 2.51. The summed E-state index contributed by atoms with van der Waals surface area (Å²) in [6.45, 7) is -0.716. The maximum Gasteiger partial charge on any atom is 0.419 e. The largest absolute Gasteiger partial charge is 0.419 e. The number of benzene rings is 1. The maximum absolute atomic E-state index is 13.7. The Bertz CT molecular complexity index is 1330. The number of carbonyl (C=O) groups excluding carboxylic acids is 1. The Balaban J connectivity index is 0.00000380. The van der Waals surface area contributed by atoms with Crippen molar-refractivity contribution < 1.29 is 39.6 Å². The molecule has 1 aromatic carbocycles. The van der Waals surface area contributed by atoms with Gasteiger partial charge in [-0.25, -0.2) is 13.4 Å². The summed E-state index contributed by atoms with van der Waals surface area (Å²) in [7, 11) is -4.76. The van der Waals surface area contributed by atoms with Crippen LogP contribution in [0.15, 0.2) is 47.5 Å². The molecule has 1 saturated carbocycles. The number of alkyl halides is 6. The van der Waals surface area contributed by atoms with Crippen molar-refractivity contribution >= 4 is 21.6 Å². The Labute approximate surface area is 209 Å². The van der Waals surface area contributed by atoms with Crippen LogP contribution in [0.3, 0.4) is 0 Å². The molecule has 0 spiro atoms. The Morgan fingerprint density at radius 2 is 1.65 bits per heavy atom. The highest BCUT2D eigenvalue weighted by Crippen LogP contribution is 2.42. The molecule has 4 rings (SSSR count). The molecule has 2 aliphatic rings. The Morgan fingerprint density at radius 3 is 2.22 bits per heavy atom. The van der Waals surface area contributed by atoms with Gasteiger partial charge in [0.25, 0.3) is 0 Å². The number of nitriles is 1. The lowest BCUT2D eigenvalue weighted by atomic mass is 10.1. The van der Waals surface area contributed by atoms with Crippen molar-refractivity contribution in [3.63, 3.8) is 0 Å². The van der Waals surface area contributed by atoms with Gasteiger partial charge in [-0.3, -0.25) is 4.79 Å². The van der Waals surface area contributed by atoms with Gasteiger partial charge in [-0.05, 0) is 43.5 Å². The van der Waals surface area contributed by atoms with E-state index in [1.54, 1.807) is 0 Å². The first-order chi connectivity index (χ1) is 16.7. The first kappa shape index (κ1) is 28.2. The number of hydrogen-bond donors (Lipinski definition) is 1. The van der Waals surface area contributed by atoms with E-state index < -0.39 is 79.7 Å². The molecule has 2 aromatic rings. The van der Waals surface area contributed by atoms with E-state index in [4.69, 9.17) is 0 Å². The molecule has 0 bridgehead atoms. The number of carbonyl (C=O) groups is 1. The summed E-state index contributed by atoms with van der Waals surface area (Å²) < 4.78 is 108. The minimum absolute atomic E-state index is 0. The fourth-order valence-electron chi connectivity index (χ4n) is 4.19. The summed E-state index contributed by atoms with van der Waals surface area (Å²) in [6.07, 6.45) is -8.88. The first-order valence-electron chi connectivity index (χ1n) is 10.6. The van der Waals surface area contributed by atoms with Crippen LogP contribution < -0.4 is 10.2 Å². The lowest BCUT2D eigenvalue weighted by molar-refractivity contribution is -0.140. The topological polar surface area (TPSA) is 103 Å². The third-order valence-electron chi connectivity index (χ3n) is 6.19. The van der Waals surface area contributed by atoms with Crippen LogP contribution in [0.2, 0.25) is 0 Å². The number of nitrogens with one attached hydrogen (secondary N) is 1. The van der Waals surface area contributed by atoms with Gasteiger partial charge in [-0.15, -0.1) is 0 Å². The quantitative estimate of drug-likeness (QED) is 0.558. The van der Waals surface area contributed by atoms with E-state index >= 15 is 0 Å². The molecule has 0 radical (unpaired) electrons. The van der Waals surface area contributed by atoms with Crippen molar-refractivity contribution in [1.82, 2.24) is 10.3 Å². The molecule has 2 fully saturated rings. The van der Waals surface area contributed by atoms with Crippen LogP contribution in [-0.2, 0) is 27.0 Å². The summed E-state index contributed by atoms with van der Waals surface area (Å²) in [5.74, 6) is -1.64. The van der Waals surface area contributed by atoms with E-state index in [-0.39, 0.29) is 7.43 Å². The molecule has 1 amide bonds. The standard InChI is InChI=1S/C22H18F6N4O3S.CH4/c23-21(24,25)14-4-1-2-6-17(14)36(34,35)13-10-16(19(33)31-20(12-29)7-8-20)32(11-13)18-15(22(26,27)28)5-3-9-30-18;/h1-6,9,13,16H,7-8,10-11H2,(H,31,33);1H4/t13-,16+;/m1./s1. The van der Waals surface area contributed by atoms with Crippen LogP contribution in [0.5, 0.6) is 0 Å². The molecular formula is C23H22F6N4O3S. The second-order valence-corrected chi connectivity index (χ2v) is 10.8. The van der Waals surface area contributed by atoms with E-state index in [0.29, 0.717) is 25.0 Å². The van der Waals surface area contributed by atoms with Crippen LogP contribution in [0.1, 0.15) is 37.8 Å². The minimum Gasteiger partial charge on any atom is -0.343 e. The van der Waals surface area contributed by atoms with E-state index in [2.05, 4.69) is 10.3 Å². The molecule has 1 aliphatic carbocycles. The second kappa shape index (κ2) is 9.51. The average Bonchev–Trinajstić information content (AvgIpc) is 3.43. The number of anilines is 1. The van der Waals surface area contributed by atoms with Crippen LogP contribution in [0.4, 0.5) is 32.2 Å². The molecule has 1 aromatic heterocycles. The first-order valence-corrected chi connectivity index (χ1v) is 12.2. The number of aromatic nitrogens is 1. The van der Waals surface area contributed by atoms with Crippen LogP contribution in [0.25, 0.3) is 0 Å². The van der Waals surface area contributed by atoms with Gasteiger partial charge in [-0.2, -0.15) is 31.6 Å². The van der Waals surface area contributed by atoms with E-state index in [1.807, 2.05) is 6.07 Å². The van der Waals surface area contributed by atoms with Crippen LogP contribution >= 0.6 is 0 Å². The van der Waals surface area contributed by atoms with Gasteiger partial charge < -0.3 is 10.2 Å². The van der Waals surface area contributed by atoms with Gasteiger partial charge in [-0.1, -0.05) is 19.6 Å². The van der Waals surface area contributed by atoms with Crippen LogP contribution in [0, 0.1) is 11.3 Å². The summed E-state index contributed by atoms with van der Waals surface area (Å²) in [6, 6.07) is 5.57. The van der Waals surface area contributed by atoms with Gasteiger partial charge in [0.1, 0.15) is 17.4 Å². The summed E-state index contributed by atoms with van der Waals surface area (Å²) in [5.41, 5.74) is -3.86. The molecule has 1 saturated heterocycles. The highest BCUT2D eigenvalue weighted by molar-refractivity contribution is 7.92. The number of sulfone groups is 1. The molecular weight excluding hydrogens is 526 g/mol. The van der Waals surface area contributed by atoms with Crippen molar-refractivity contribution in [2.24, 2.45) is 0 Å². The lowest BCUT2D eigenvalue weighted by Crippen LogP contribution is -2.48. The number of rotatable bonds is 5. The van der Waals surface area contributed by atoms with Gasteiger partial charge in [0.2, 0.25) is 5.91 Å². The fourth-order valence-corrected chi connectivity index (χ4v) is 6.10. The molecule has 2 atom stereocenters. The SMILES string of the molecule is C.N#CC1(NC(=O)[C@@H]2C[C@@H](S(=O)(=O)c3ccccc3C(F)(F)F)CN2c2ncccc2C(F)(F)F)CC1. The normalized spacial score (nSPS) is 21.1. The van der Waals surface area contributed by atoms with Gasteiger partial charge in [0.05, 0.1) is 27.3 Å². The maximum atomic E-state index is 13.7. The molecule has 1 N–H and O–H groups in total. The molecule has 0 unspecified atom stereocenters. The summed E-state index contributed by atoms with van der Waals surface area (Å²) in [5, 5.41) is 10.1. The van der Waals surface area contributed by atoms with E-state index in [9.17, 15) is 44.8 Å². The minimum atomic E-state index is -5.01. The fraction of sp³-hybridized carbons (Fsp3) is 0.435. The van der Waals surface area contributed by atoms with E-state index in [0.717, 1.165) is 35.4 Å². The summed E-state index contributed by atoms with van der Waals surface area (Å²) in [4.78, 5) is 16.6. The molecule has 14 heteroatoms. The van der Waals surface area contributed by atoms with Gasteiger partial charge in [0, 0.05) is 12.7 Å². The van der Waals surface area contributed by atoms with E-state index in [1.165, 1.54) is 0 Å². The Hall–Kier alpha value is -3.34. The Kier molecular flexibility index (Phi) is 7.26. The molecule has 7 nitrogen and oxygen atoms in total. The predicted octanol–water partition coefficient (Wildman–Crippen LogP) is 4.35. The third-order valence-corrected chi connectivity index (χ3v) is 8.38. The number of pyridine rings is 1. The van der Waals surface area contributed by atoms with Crippen molar-refractivity contribution in [1.29, 1.82) is 5.26 Å². The molecule has 200 valence electrons. The number of hydrogen-bond acceptors (Lipinski definition) is 6. The second-order valence-electron chi connectivity index (χ2n) is 8.62. The zero-order valence-corrected chi connectivity index (χ0v) is 19.1. The van der Waals surface area contributed by atoms with Crippen molar-refractivity contribution in [2.45, 2.75) is 60.8 Å². The molecule has 37 heavy (non-hydrogen) atoms. The van der Waals surface area contributed by atoms with Crippen molar-refractivity contribution in [3.05, 3.63) is 53.7 Å². The van der Waals surface area contributed by atoms with Crippen LogP contribution in [-0.4, -0.2) is 42.7 Å². The smallest absolute Gasteiger partial charge is 0.343 e. The Morgan fingerprint density at radius 1 is 1.05 bits per heavy atom. The van der Waals surface area contributed by atoms with Crippen molar-refractivity contribution in [2.75, 3.05) is 11.4 Å². The monoisotopic (exact) mass is 548 g/mol. The van der Waals surface area contributed by atoms with Gasteiger partial charge >= 0.3 is 12.4 Å². The zero-order chi connectivity index (χ0) is 26.5. The van der Waals surface area contributed by atoms with Crippen molar-refractivity contribution in [3.8, 4) is 6.07 Å². The lowest BCUT2D eigenvalue weighted by Gasteiger charge is -2.28. The van der Waals surface area contributed by atoms with Gasteiger partial charge in [0.15, 0.2) is 9.84 Å². The average molecular weight is 549 g/mol. The summed E-state index contributed by atoms with van der Waals surface area (Å²) >= 11 is 0. The number of nitrogens with zero attached hydrogens (tertiary/aromatic N) is 3.